The molecule has 0 radical (unpaired) electrons. The number of aromatic nitrogens is 1. The van der Waals surface area contributed by atoms with Gasteiger partial charge in [-0.25, -0.2) is 8.42 Å². The summed E-state index contributed by atoms with van der Waals surface area (Å²) in [6.07, 6.45) is 0. The van der Waals surface area contributed by atoms with Gasteiger partial charge in [0.15, 0.2) is 5.76 Å². The van der Waals surface area contributed by atoms with Crippen molar-refractivity contribution < 1.29 is 22.8 Å². The van der Waals surface area contributed by atoms with E-state index in [1.807, 2.05) is 13.8 Å². The molecule has 0 amide bonds. The van der Waals surface area contributed by atoms with Gasteiger partial charge in [0.1, 0.15) is 17.1 Å². The van der Waals surface area contributed by atoms with Crippen LogP contribution in [-0.2, 0) is 14.8 Å². The van der Waals surface area contributed by atoms with E-state index in [0.29, 0.717) is 0 Å². The van der Waals surface area contributed by atoms with Gasteiger partial charge in [-0.1, -0.05) is 19.0 Å². The van der Waals surface area contributed by atoms with Crippen molar-refractivity contribution >= 4 is 16.0 Å². The van der Waals surface area contributed by atoms with E-state index in [9.17, 15) is 13.2 Å². The van der Waals surface area contributed by atoms with Crippen molar-refractivity contribution in [1.29, 1.82) is 0 Å². The molecule has 7 nitrogen and oxygen atoms in total. The second kappa shape index (κ2) is 5.70. The summed E-state index contributed by atoms with van der Waals surface area (Å²) >= 11 is 0. The fourth-order valence-electron chi connectivity index (χ4n) is 1.78. The van der Waals surface area contributed by atoms with E-state index >= 15 is 0 Å². The molecule has 108 valence electrons. The van der Waals surface area contributed by atoms with Crippen LogP contribution in [0.15, 0.2) is 9.42 Å². The summed E-state index contributed by atoms with van der Waals surface area (Å²) in [4.78, 5) is 10.8. The fourth-order valence-corrected chi connectivity index (χ4v) is 3.62. The molecular formula is C11H18N2O5S. The number of carbonyl (C=O) groups is 1. The molecule has 0 unspecified atom stereocenters. The van der Waals surface area contributed by atoms with Crippen LogP contribution in [0.3, 0.4) is 0 Å². The third kappa shape index (κ3) is 3.54. The first-order valence-corrected chi connectivity index (χ1v) is 7.25. The minimum atomic E-state index is -3.91. The quantitative estimate of drug-likeness (QED) is 0.839. The zero-order valence-corrected chi connectivity index (χ0v) is 12.2. The smallest absolute Gasteiger partial charge is 0.318 e. The molecule has 1 heterocycles. The van der Waals surface area contributed by atoms with Crippen molar-refractivity contribution in [2.75, 3.05) is 13.1 Å². The standard InChI is InChI=1S/C11H18N2O5S/c1-7(2)5-13(6-10(14)15)19(16,17)11-8(3)12-18-9(11)4/h7H,5-6H2,1-4H3,(H,14,15). The van der Waals surface area contributed by atoms with Crippen molar-refractivity contribution in [3.63, 3.8) is 0 Å². The van der Waals surface area contributed by atoms with Crippen LogP contribution in [0.2, 0.25) is 0 Å². The molecule has 0 fully saturated rings. The molecule has 0 atom stereocenters. The SMILES string of the molecule is Cc1noc(C)c1S(=O)(=O)N(CC(=O)O)CC(C)C. The van der Waals surface area contributed by atoms with E-state index < -0.39 is 22.5 Å². The van der Waals surface area contributed by atoms with E-state index in [2.05, 4.69) is 5.16 Å². The Kier molecular flexibility index (Phi) is 4.70. The lowest BCUT2D eigenvalue weighted by Gasteiger charge is -2.21. The summed E-state index contributed by atoms with van der Waals surface area (Å²) in [6.45, 7) is 6.18. The molecule has 0 bridgehead atoms. The molecule has 1 N–H and O–H groups in total. The van der Waals surface area contributed by atoms with Crippen LogP contribution in [0.4, 0.5) is 0 Å². The zero-order valence-electron chi connectivity index (χ0n) is 11.4. The highest BCUT2D eigenvalue weighted by Crippen LogP contribution is 2.23. The Morgan fingerprint density at radius 2 is 2.00 bits per heavy atom. The molecule has 0 saturated carbocycles. The lowest BCUT2D eigenvalue weighted by Crippen LogP contribution is -2.38. The van der Waals surface area contributed by atoms with Gasteiger partial charge in [0.2, 0.25) is 10.0 Å². The predicted molar refractivity (Wildman–Crippen MR) is 67.2 cm³/mol. The number of carboxylic acid groups (broad SMARTS) is 1. The van der Waals surface area contributed by atoms with Gasteiger partial charge in [0, 0.05) is 6.54 Å². The summed E-state index contributed by atoms with van der Waals surface area (Å²) in [7, 11) is -3.91. The Hall–Kier alpha value is -1.41. The number of aryl methyl sites for hydroxylation is 2. The molecule has 0 aromatic carbocycles. The van der Waals surface area contributed by atoms with E-state index in [4.69, 9.17) is 9.63 Å². The first-order chi connectivity index (χ1) is 8.66. The number of sulfonamides is 1. The van der Waals surface area contributed by atoms with Crippen LogP contribution in [-0.4, -0.2) is 42.0 Å². The number of rotatable bonds is 6. The number of hydrogen-bond donors (Lipinski definition) is 1. The van der Waals surface area contributed by atoms with E-state index in [0.717, 1.165) is 4.31 Å². The Labute approximate surface area is 112 Å². The summed E-state index contributed by atoms with van der Waals surface area (Å²) in [5.41, 5.74) is 0.233. The van der Waals surface area contributed by atoms with Crippen molar-refractivity contribution in [3.8, 4) is 0 Å². The molecular weight excluding hydrogens is 272 g/mol. The van der Waals surface area contributed by atoms with Gasteiger partial charge < -0.3 is 9.63 Å². The average Bonchev–Trinajstić information content (AvgIpc) is 2.56. The lowest BCUT2D eigenvalue weighted by molar-refractivity contribution is -0.137. The van der Waals surface area contributed by atoms with Gasteiger partial charge in [-0.15, -0.1) is 0 Å². The zero-order chi connectivity index (χ0) is 14.8. The summed E-state index contributed by atoms with van der Waals surface area (Å²) in [6, 6.07) is 0. The van der Waals surface area contributed by atoms with Gasteiger partial charge >= 0.3 is 5.97 Å². The molecule has 1 aromatic heterocycles. The first kappa shape index (κ1) is 15.6. The van der Waals surface area contributed by atoms with Gasteiger partial charge in [-0.05, 0) is 19.8 Å². The highest BCUT2D eigenvalue weighted by Gasteiger charge is 2.32. The topological polar surface area (TPSA) is 101 Å². The number of aliphatic carboxylic acids is 1. The van der Waals surface area contributed by atoms with E-state index in [1.165, 1.54) is 13.8 Å². The van der Waals surface area contributed by atoms with Gasteiger partial charge in [0.25, 0.3) is 0 Å². The number of carboxylic acids is 1. The van der Waals surface area contributed by atoms with Crippen molar-refractivity contribution in [3.05, 3.63) is 11.5 Å². The summed E-state index contributed by atoms with van der Waals surface area (Å²) < 4.78 is 30.7. The third-order valence-corrected chi connectivity index (χ3v) is 4.50. The monoisotopic (exact) mass is 290 g/mol. The molecule has 0 saturated heterocycles. The summed E-state index contributed by atoms with van der Waals surface area (Å²) in [5.74, 6) is -1.03. The fraction of sp³-hybridized carbons (Fsp3) is 0.636. The molecule has 19 heavy (non-hydrogen) atoms. The number of nitrogens with zero attached hydrogens (tertiary/aromatic N) is 2. The molecule has 0 aliphatic rings. The van der Waals surface area contributed by atoms with Crippen molar-refractivity contribution in [2.24, 2.45) is 5.92 Å². The maximum Gasteiger partial charge on any atom is 0.318 e. The highest BCUT2D eigenvalue weighted by atomic mass is 32.2. The van der Waals surface area contributed by atoms with Crippen LogP contribution in [0.1, 0.15) is 25.3 Å². The first-order valence-electron chi connectivity index (χ1n) is 5.81. The Balaban J connectivity index is 3.23. The Bertz CT molecular complexity index is 542. The highest BCUT2D eigenvalue weighted by molar-refractivity contribution is 7.89. The molecule has 1 aromatic rings. The minimum Gasteiger partial charge on any atom is -0.480 e. The van der Waals surface area contributed by atoms with Crippen LogP contribution in [0.25, 0.3) is 0 Å². The van der Waals surface area contributed by atoms with Gasteiger partial charge in [-0.2, -0.15) is 4.31 Å². The molecule has 8 heteroatoms. The van der Waals surface area contributed by atoms with E-state index in [-0.39, 0.29) is 28.8 Å². The summed E-state index contributed by atoms with van der Waals surface area (Å²) in [5, 5.41) is 12.4. The molecule has 0 spiro atoms. The van der Waals surface area contributed by atoms with Crippen LogP contribution in [0, 0.1) is 19.8 Å². The predicted octanol–water partition coefficient (Wildman–Crippen LogP) is 1.02. The Morgan fingerprint density at radius 3 is 2.37 bits per heavy atom. The normalized spacial score (nSPS) is 12.3. The lowest BCUT2D eigenvalue weighted by atomic mass is 10.2. The van der Waals surface area contributed by atoms with Crippen LogP contribution < -0.4 is 0 Å². The average molecular weight is 290 g/mol. The minimum absolute atomic E-state index is 0.00889. The molecule has 0 aliphatic heterocycles. The van der Waals surface area contributed by atoms with Crippen molar-refractivity contribution in [1.82, 2.24) is 9.46 Å². The van der Waals surface area contributed by atoms with Crippen LogP contribution >= 0.6 is 0 Å². The van der Waals surface area contributed by atoms with E-state index in [1.54, 1.807) is 0 Å². The molecule has 0 aliphatic carbocycles. The van der Waals surface area contributed by atoms with Crippen molar-refractivity contribution in [2.45, 2.75) is 32.6 Å². The second-order valence-electron chi connectivity index (χ2n) is 4.74. The maximum atomic E-state index is 12.5. The second-order valence-corrected chi connectivity index (χ2v) is 6.61. The Morgan fingerprint density at radius 1 is 1.42 bits per heavy atom. The number of hydrogen-bond acceptors (Lipinski definition) is 5. The van der Waals surface area contributed by atoms with Gasteiger partial charge in [-0.3, -0.25) is 4.79 Å². The van der Waals surface area contributed by atoms with Gasteiger partial charge in [0.05, 0.1) is 0 Å². The third-order valence-electron chi connectivity index (χ3n) is 2.45. The largest absolute Gasteiger partial charge is 0.480 e. The van der Waals surface area contributed by atoms with Crippen LogP contribution in [0.5, 0.6) is 0 Å². The molecule has 1 rings (SSSR count). The maximum absolute atomic E-state index is 12.5.